The molecule has 1 atom stereocenters. The summed E-state index contributed by atoms with van der Waals surface area (Å²) in [6.45, 7) is 3.14. The second-order valence-electron chi connectivity index (χ2n) is 5.10. The summed E-state index contributed by atoms with van der Waals surface area (Å²) in [4.78, 5) is 13.9. The van der Waals surface area contributed by atoms with E-state index in [1.807, 2.05) is 19.1 Å². The topological polar surface area (TPSA) is 68.5 Å². The minimum absolute atomic E-state index is 0.140. The second-order valence-corrected chi connectivity index (χ2v) is 5.10. The Bertz CT molecular complexity index is 595. The molecule has 0 spiro atoms. The predicted octanol–water partition coefficient (Wildman–Crippen LogP) is 2.20. The van der Waals surface area contributed by atoms with Crippen molar-refractivity contribution < 1.29 is 13.9 Å². The SMILES string of the molecule is Cc1ccc(N2CCC[C@H]2COC(=O)c2ccco2)nn1. The Labute approximate surface area is 122 Å². The summed E-state index contributed by atoms with van der Waals surface area (Å²) >= 11 is 0. The van der Waals surface area contributed by atoms with Crippen LogP contribution in [0.4, 0.5) is 5.82 Å². The van der Waals surface area contributed by atoms with Gasteiger partial charge in [0.25, 0.3) is 0 Å². The van der Waals surface area contributed by atoms with Crippen LogP contribution in [0.5, 0.6) is 0 Å². The Morgan fingerprint density at radius 3 is 3.05 bits per heavy atom. The van der Waals surface area contributed by atoms with Crippen LogP contribution in [-0.2, 0) is 4.74 Å². The molecule has 6 nitrogen and oxygen atoms in total. The number of esters is 1. The van der Waals surface area contributed by atoms with E-state index in [1.165, 1.54) is 6.26 Å². The lowest BCUT2D eigenvalue weighted by Crippen LogP contribution is -2.34. The molecule has 110 valence electrons. The Morgan fingerprint density at radius 2 is 2.33 bits per heavy atom. The van der Waals surface area contributed by atoms with Crippen molar-refractivity contribution in [1.29, 1.82) is 0 Å². The molecule has 0 N–H and O–H groups in total. The summed E-state index contributed by atoms with van der Waals surface area (Å²) in [5.41, 5.74) is 0.888. The second kappa shape index (κ2) is 5.95. The molecule has 0 amide bonds. The van der Waals surface area contributed by atoms with Gasteiger partial charge in [-0.2, -0.15) is 5.10 Å². The van der Waals surface area contributed by atoms with Crippen molar-refractivity contribution in [2.24, 2.45) is 0 Å². The first-order chi connectivity index (χ1) is 10.2. The van der Waals surface area contributed by atoms with Crippen LogP contribution in [-0.4, -0.2) is 35.4 Å². The minimum Gasteiger partial charge on any atom is -0.458 e. The molecule has 0 saturated carbocycles. The van der Waals surface area contributed by atoms with Gasteiger partial charge in [-0.05, 0) is 44.0 Å². The third-order valence-electron chi connectivity index (χ3n) is 3.58. The van der Waals surface area contributed by atoms with Crippen LogP contribution in [0.2, 0.25) is 0 Å². The average Bonchev–Trinajstić information content (AvgIpc) is 3.17. The fourth-order valence-electron chi connectivity index (χ4n) is 2.49. The Hall–Kier alpha value is -2.37. The summed E-state index contributed by atoms with van der Waals surface area (Å²) in [5, 5.41) is 8.28. The molecule has 1 saturated heterocycles. The standard InChI is InChI=1S/C15H17N3O3/c1-11-6-7-14(17-16-11)18-8-2-4-12(18)10-21-15(19)13-5-3-9-20-13/h3,5-7,9,12H,2,4,8,10H2,1H3/t12-/m0/s1. The normalized spacial score (nSPS) is 18.0. The van der Waals surface area contributed by atoms with Gasteiger partial charge in [-0.15, -0.1) is 5.10 Å². The number of anilines is 1. The largest absolute Gasteiger partial charge is 0.458 e. The summed E-state index contributed by atoms with van der Waals surface area (Å²) in [7, 11) is 0. The Balaban J connectivity index is 1.62. The molecule has 2 aromatic heterocycles. The molecular formula is C15H17N3O3. The highest BCUT2D eigenvalue weighted by atomic mass is 16.5. The smallest absolute Gasteiger partial charge is 0.374 e. The first-order valence-electron chi connectivity index (χ1n) is 7.01. The number of ether oxygens (including phenoxy) is 1. The molecule has 21 heavy (non-hydrogen) atoms. The molecule has 0 unspecified atom stereocenters. The Morgan fingerprint density at radius 1 is 1.43 bits per heavy atom. The number of rotatable bonds is 4. The van der Waals surface area contributed by atoms with Crippen molar-refractivity contribution in [3.63, 3.8) is 0 Å². The monoisotopic (exact) mass is 287 g/mol. The zero-order chi connectivity index (χ0) is 14.7. The highest BCUT2D eigenvalue weighted by Gasteiger charge is 2.27. The van der Waals surface area contributed by atoms with Crippen molar-refractivity contribution in [3.8, 4) is 0 Å². The number of aryl methyl sites for hydroxylation is 1. The third-order valence-corrected chi connectivity index (χ3v) is 3.58. The number of carbonyl (C=O) groups excluding carboxylic acids is 1. The van der Waals surface area contributed by atoms with Crippen LogP contribution in [0.15, 0.2) is 34.9 Å². The van der Waals surface area contributed by atoms with Crippen LogP contribution >= 0.6 is 0 Å². The molecule has 0 aromatic carbocycles. The van der Waals surface area contributed by atoms with Gasteiger partial charge < -0.3 is 14.1 Å². The fraction of sp³-hybridized carbons (Fsp3) is 0.400. The molecule has 1 aliphatic rings. The number of nitrogens with zero attached hydrogens (tertiary/aromatic N) is 3. The summed E-state index contributed by atoms with van der Waals surface area (Å²) < 4.78 is 10.3. The summed E-state index contributed by atoms with van der Waals surface area (Å²) in [6, 6.07) is 7.29. The first-order valence-corrected chi connectivity index (χ1v) is 7.01. The molecule has 0 bridgehead atoms. The predicted molar refractivity (Wildman–Crippen MR) is 76.1 cm³/mol. The highest BCUT2D eigenvalue weighted by molar-refractivity contribution is 5.86. The molecule has 1 fully saturated rings. The molecule has 3 heterocycles. The van der Waals surface area contributed by atoms with E-state index in [1.54, 1.807) is 12.1 Å². The maximum atomic E-state index is 11.8. The molecule has 2 aromatic rings. The van der Waals surface area contributed by atoms with Gasteiger partial charge in [-0.1, -0.05) is 0 Å². The van der Waals surface area contributed by atoms with Gasteiger partial charge in [-0.3, -0.25) is 0 Å². The molecule has 0 aliphatic carbocycles. The van der Waals surface area contributed by atoms with E-state index in [0.29, 0.717) is 6.61 Å². The maximum Gasteiger partial charge on any atom is 0.374 e. The van der Waals surface area contributed by atoms with Crippen LogP contribution in [0.25, 0.3) is 0 Å². The van der Waals surface area contributed by atoms with Gasteiger partial charge in [0.2, 0.25) is 5.76 Å². The van der Waals surface area contributed by atoms with E-state index in [9.17, 15) is 4.79 Å². The van der Waals surface area contributed by atoms with Gasteiger partial charge in [0.05, 0.1) is 18.0 Å². The van der Waals surface area contributed by atoms with Gasteiger partial charge in [-0.25, -0.2) is 4.79 Å². The quantitative estimate of drug-likeness (QED) is 0.803. The van der Waals surface area contributed by atoms with E-state index >= 15 is 0 Å². The average molecular weight is 287 g/mol. The number of carbonyl (C=O) groups is 1. The van der Waals surface area contributed by atoms with Gasteiger partial charge >= 0.3 is 5.97 Å². The molecular weight excluding hydrogens is 270 g/mol. The van der Waals surface area contributed by atoms with E-state index < -0.39 is 5.97 Å². The number of hydrogen-bond acceptors (Lipinski definition) is 6. The lowest BCUT2D eigenvalue weighted by molar-refractivity contribution is 0.0446. The van der Waals surface area contributed by atoms with Crippen LogP contribution in [0, 0.1) is 6.92 Å². The van der Waals surface area contributed by atoms with Crippen LogP contribution in [0.3, 0.4) is 0 Å². The van der Waals surface area contributed by atoms with Gasteiger partial charge in [0.15, 0.2) is 5.82 Å². The molecule has 1 aliphatic heterocycles. The van der Waals surface area contributed by atoms with Crippen molar-refractivity contribution in [1.82, 2.24) is 10.2 Å². The third kappa shape index (κ3) is 3.04. The zero-order valence-electron chi connectivity index (χ0n) is 11.9. The number of furan rings is 1. The molecule has 3 rings (SSSR count). The van der Waals surface area contributed by atoms with Crippen LogP contribution in [0.1, 0.15) is 29.1 Å². The molecule has 0 radical (unpaired) electrons. The zero-order valence-corrected chi connectivity index (χ0v) is 11.9. The van der Waals surface area contributed by atoms with E-state index in [4.69, 9.17) is 9.15 Å². The first kappa shape index (κ1) is 13.6. The number of aromatic nitrogens is 2. The van der Waals surface area contributed by atoms with Crippen molar-refractivity contribution >= 4 is 11.8 Å². The summed E-state index contributed by atoms with van der Waals surface area (Å²) in [6.07, 6.45) is 3.49. The lowest BCUT2D eigenvalue weighted by Gasteiger charge is -2.24. The van der Waals surface area contributed by atoms with E-state index in [0.717, 1.165) is 30.9 Å². The lowest BCUT2D eigenvalue weighted by atomic mass is 10.2. The van der Waals surface area contributed by atoms with Crippen molar-refractivity contribution in [2.45, 2.75) is 25.8 Å². The Kier molecular flexibility index (Phi) is 3.85. The summed E-state index contributed by atoms with van der Waals surface area (Å²) in [5.74, 6) is 0.633. The van der Waals surface area contributed by atoms with Crippen molar-refractivity contribution in [2.75, 3.05) is 18.1 Å². The van der Waals surface area contributed by atoms with Gasteiger partial charge in [0, 0.05) is 6.54 Å². The molecule has 6 heteroatoms. The number of hydrogen-bond donors (Lipinski definition) is 0. The maximum absolute atomic E-state index is 11.8. The minimum atomic E-state index is -0.429. The van der Waals surface area contributed by atoms with Crippen LogP contribution < -0.4 is 4.90 Å². The van der Waals surface area contributed by atoms with E-state index in [2.05, 4.69) is 15.1 Å². The van der Waals surface area contributed by atoms with E-state index in [-0.39, 0.29) is 11.8 Å². The van der Waals surface area contributed by atoms with Gasteiger partial charge in [0.1, 0.15) is 6.61 Å². The van der Waals surface area contributed by atoms with Crippen molar-refractivity contribution in [3.05, 3.63) is 42.0 Å². The fourth-order valence-corrected chi connectivity index (χ4v) is 2.49. The highest BCUT2D eigenvalue weighted by Crippen LogP contribution is 2.23.